The number of aryl methyl sites for hydroxylation is 1. The van der Waals surface area contributed by atoms with Crippen LogP contribution in [0, 0.1) is 18.6 Å². The van der Waals surface area contributed by atoms with Gasteiger partial charge >= 0.3 is 0 Å². The quantitative estimate of drug-likeness (QED) is 0.887. The average molecular weight is 248 g/mol. The lowest BCUT2D eigenvalue weighted by atomic mass is 10.2. The molecule has 18 heavy (non-hydrogen) atoms. The number of hydrogen-bond donors (Lipinski definition) is 1. The molecule has 0 aliphatic rings. The Balaban J connectivity index is 2.22. The largest absolute Gasteiger partial charge is 0.322 e. The third kappa shape index (κ3) is 2.51. The van der Waals surface area contributed by atoms with Crippen molar-refractivity contribution in [2.75, 3.05) is 5.32 Å². The number of benzene rings is 1. The van der Waals surface area contributed by atoms with E-state index in [9.17, 15) is 13.6 Å². The van der Waals surface area contributed by atoms with Crippen molar-refractivity contribution >= 4 is 11.6 Å². The van der Waals surface area contributed by atoms with E-state index in [1.165, 1.54) is 6.07 Å². The monoisotopic (exact) mass is 248 g/mol. The summed E-state index contributed by atoms with van der Waals surface area (Å²) in [5.74, 6) is -2.37. The van der Waals surface area contributed by atoms with Crippen molar-refractivity contribution in [3.8, 4) is 0 Å². The Hall–Kier alpha value is -2.30. The van der Waals surface area contributed by atoms with Gasteiger partial charge in [-0.25, -0.2) is 8.78 Å². The maximum Gasteiger partial charge on any atom is 0.257 e. The van der Waals surface area contributed by atoms with Gasteiger partial charge in [-0.2, -0.15) is 0 Å². The molecule has 0 bridgehead atoms. The maximum atomic E-state index is 13.0. The van der Waals surface area contributed by atoms with Crippen LogP contribution in [-0.4, -0.2) is 10.9 Å². The number of carbonyl (C=O) groups excluding carboxylic acids is 1. The second-order valence-electron chi connectivity index (χ2n) is 3.72. The van der Waals surface area contributed by atoms with Crippen LogP contribution in [0.5, 0.6) is 0 Å². The number of carbonyl (C=O) groups is 1. The molecule has 0 radical (unpaired) electrons. The van der Waals surface area contributed by atoms with Crippen LogP contribution in [0.1, 0.15) is 16.1 Å². The summed E-state index contributed by atoms with van der Waals surface area (Å²) in [5, 5.41) is 2.48. The number of amides is 1. The second-order valence-corrected chi connectivity index (χ2v) is 3.72. The third-order valence-electron chi connectivity index (χ3n) is 2.43. The number of pyridine rings is 1. The minimum Gasteiger partial charge on any atom is -0.322 e. The first-order valence-electron chi connectivity index (χ1n) is 5.26. The van der Waals surface area contributed by atoms with Gasteiger partial charge in [-0.1, -0.05) is 0 Å². The van der Waals surface area contributed by atoms with E-state index in [0.717, 1.165) is 12.1 Å². The van der Waals surface area contributed by atoms with E-state index in [2.05, 4.69) is 10.3 Å². The van der Waals surface area contributed by atoms with Gasteiger partial charge in [0.2, 0.25) is 0 Å². The summed E-state index contributed by atoms with van der Waals surface area (Å²) in [4.78, 5) is 15.8. The molecule has 0 saturated heterocycles. The number of hydrogen-bond acceptors (Lipinski definition) is 2. The van der Waals surface area contributed by atoms with E-state index in [1.807, 2.05) is 0 Å². The lowest BCUT2D eigenvalue weighted by Gasteiger charge is -2.07. The first kappa shape index (κ1) is 12.2. The van der Waals surface area contributed by atoms with E-state index < -0.39 is 17.5 Å². The molecule has 5 heteroatoms. The Morgan fingerprint density at radius 1 is 1.22 bits per heavy atom. The predicted molar refractivity (Wildman–Crippen MR) is 63.3 cm³/mol. The van der Waals surface area contributed by atoms with Gasteiger partial charge in [0.25, 0.3) is 5.91 Å². The summed E-state index contributed by atoms with van der Waals surface area (Å²) in [6.07, 6.45) is 1.57. The molecule has 0 saturated carbocycles. The fourth-order valence-corrected chi connectivity index (χ4v) is 1.50. The van der Waals surface area contributed by atoms with E-state index in [-0.39, 0.29) is 5.69 Å². The molecule has 92 valence electrons. The van der Waals surface area contributed by atoms with Gasteiger partial charge in [0.15, 0.2) is 11.6 Å². The zero-order valence-corrected chi connectivity index (χ0v) is 9.58. The molecule has 1 heterocycles. The van der Waals surface area contributed by atoms with Gasteiger partial charge in [-0.05, 0) is 31.2 Å². The number of halogens is 2. The van der Waals surface area contributed by atoms with Crippen molar-refractivity contribution in [3.05, 3.63) is 59.4 Å². The number of anilines is 1. The molecule has 1 aromatic heterocycles. The van der Waals surface area contributed by atoms with E-state index >= 15 is 0 Å². The van der Waals surface area contributed by atoms with Gasteiger partial charge in [0, 0.05) is 23.6 Å². The first-order valence-corrected chi connectivity index (χ1v) is 5.26. The highest BCUT2D eigenvalue weighted by Gasteiger charge is 2.10. The molecule has 0 unspecified atom stereocenters. The number of nitrogens with one attached hydrogen (secondary N) is 1. The molecule has 2 rings (SSSR count). The summed E-state index contributed by atoms with van der Waals surface area (Å²) in [6, 6.07) is 6.42. The van der Waals surface area contributed by atoms with Gasteiger partial charge < -0.3 is 5.32 Å². The molecule has 0 atom stereocenters. The van der Waals surface area contributed by atoms with Crippen molar-refractivity contribution in [1.29, 1.82) is 0 Å². The van der Waals surface area contributed by atoms with Crippen molar-refractivity contribution in [1.82, 2.24) is 4.98 Å². The molecular formula is C13H10F2N2O. The minimum atomic E-state index is -1.00. The SMILES string of the molecule is Cc1ncccc1C(=O)Nc1ccc(F)c(F)c1. The lowest BCUT2D eigenvalue weighted by Crippen LogP contribution is -2.14. The van der Waals surface area contributed by atoms with E-state index in [0.29, 0.717) is 11.3 Å². The molecule has 2 aromatic rings. The normalized spacial score (nSPS) is 10.2. The molecule has 0 spiro atoms. The highest BCUT2D eigenvalue weighted by Crippen LogP contribution is 2.14. The van der Waals surface area contributed by atoms with Crippen molar-refractivity contribution in [2.24, 2.45) is 0 Å². The van der Waals surface area contributed by atoms with Gasteiger partial charge in [-0.15, -0.1) is 0 Å². The average Bonchev–Trinajstić information content (AvgIpc) is 2.34. The van der Waals surface area contributed by atoms with Crippen LogP contribution in [-0.2, 0) is 0 Å². The molecule has 1 N–H and O–H groups in total. The van der Waals surface area contributed by atoms with Crippen molar-refractivity contribution in [3.63, 3.8) is 0 Å². The smallest absolute Gasteiger partial charge is 0.257 e. The summed E-state index contributed by atoms with van der Waals surface area (Å²) >= 11 is 0. The van der Waals surface area contributed by atoms with Gasteiger partial charge in [0.05, 0.1) is 5.56 Å². The Morgan fingerprint density at radius 3 is 2.67 bits per heavy atom. The first-order chi connectivity index (χ1) is 8.58. The predicted octanol–water partition coefficient (Wildman–Crippen LogP) is 2.92. The zero-order chi connectivity index (χ0) is 13.1. The van der Waals surface area contributed by atoms with E-state index in [4.69, 9.17) is 0 Å². The van der Waals surface area contributed by atoms with Crippen molar-refractivity contribution in [2.45, 2.75) is 6.92 Å². The van der Waals surface area contributed by atoms with Crippen LogP contribution >= 0.6 is 0 Å². The van der Waals surface area contributed by atoms with Crippen LogP contribution in [0.15, 0.2) is 36.5 Å². The van der Waals surface area contributed by atoms with Crippen LogP contribution < -0.4 is 5.32 Å². The molecule has 1 aromatic carbocycles. The Morgan fingerprint density at radius 2 is 2.00 bits per heavy atom. The van der Waals surface area contributed by atoms with Crippen molar-refractivity contribution < 1.29 is 13.6 Å². The van der Waals surface area contributed by atoms with Gasteiger partial charge in [0.1, 0.15) is 0 Å². The standard InChI is InChI=1S/C13H10F2N2O/c1-8-10(3-2-6-16-8)13(18)17-9-4-5-11(14)12(15)7-9/h2-7H,1H3,(H,17,18). The number of nitrogens with zero attached hydrogens (tertiary/aromatic N) is 1. The summed E-state index contributed by atoms with van der Waals surface area (Å²) in [6.45, 7) is 1.69. The van der Waals surface area contributed by atoms with E-state index in [1.54, 1.807) is 25.3 Å². The molecular weight excluding hydrogens is 238 g/mol. The number of aromatic nitrogens is 1. The zero-order valence-electron chi connectivity index (χ0n) is 9.58. The molecule has 1 amide bonds. The molecule has 0 fully saturated rings. The summed E-state index contributed by atoms with van der Waals surface area (Å²) in [7, 11) is 0. The second kappa shape index (κ2) is 4.91. The highest BCUT2D eigenvalue weighted by molar-refractivity contribution is 6.04. The van der Waals surface area contributed by atoms with Crippen LogP contribution in [0.2, 0.25) is 0 Å². The Kier molecular flexibility index (Phi) is 3.32. The summed E-state index contributed by atoms with van der Waals surface area (Å²) < 4.78 is 25.7. The fourth-order valence-electron chi connectivity index (χ4n) is 1.50. The highest BCUT2D eigenvalue weighted by atomic mass is 19.2. The maximum absolute atomic E-state index is 13.0. The minimum absolute atomic E-state index is 0.196. The topological polar surface area (TPSA) is 42.0 Å². The van der Waals surface area contributed by atoms with Gasteiger partial charge in [-0.3, -0.25) is 9.78 Å². The third-order valence-corrected chi connectivity index (χ3v) is 2.43. The molecule has 0 aliphatic carbocycles. The molecule has 0 aliphatic heterocycles. The Bertz CT molecular complexity index is 599. The summed E-state index contributed by atoms with van der Waals surface area (Å²) in [5.41, 5.74) is 1.15. The van der Waals surface area contributed by atoms with Crippen LogP contribution in [0.4, 0.5) is 14.5 Å². The van der Waals surface area contributed by atoms with Crippen LogP contribution in [0.25, 0.3) is 0 Å². The Labute approximate surface area is 102 Å². The fraction of sp³-hybridized carbons (Fsp3) is 0.0769. The van der Waals surface area contributed by atoms with Crippen LogP contribution in [0.3, 0.4) is 0 Å². The lowest BCUT2D eigenvalue weighted by molar-refractivity contribution is 0.102. The molecule has 3 nitrogen and oxygen atoms in total. The number of rotatable bonds is 2.